The van der Waals surface area contributed by atoms with Crippen LogP contribution in [0.1, 0.15) is 12.8 Å². The summed E-state index contributed by atoms with van der Waals surface area (Å²) in [5.74, 6) is 0.938. The van der Waals surface area contributed by atoms with Crippen LogP contribution in [0.3, 0.4) is 0 Å². The Bertz CT molecular complexity index is 310. The van der Waals surface area contributed by atoms with Gasteiger partial charge in [0.05, 0.1) is 16.3 Å². The normalized spacial score (nSPS) is 15.5. The first-order chi connectivity index (χ1) is 6.31. The number of para-hydroxylation sites is 1. The second-order valence-corrected chi connectivity index (χ2v) is 4.04. The van der Waals surface area contributed by atoms with E-state index < -0.39 is 0 Å². The van der Waals surface area contributed by atoms with Crippen molar-refractivity contribution in [1.29, 1.82) is 0 Å². The Kier molecular flexibility index (Phi) is 2.44. The van der Waals surface area contributed by atoms with Crippen LogP contribution in [0.2, 0.25) is 0 Å². The third-order valence-corrected chi connectivity index (χ3v) is 2.67. The lowest BCUT2D eigenvalue weighted by atomic mass is 10.3. The Balaban J connectivity index is 2.27. The van der Waals surface area contributed by atoms with Crippen molar-refractivity contribution < 1.29 is 4.74 Å². The Labute approximate surface area is 86.4 Å². The monoisotopic (exact) mass is 241 g/mol. The molecule has 0 atom stereocenters. The number of nitrogens with one attached hydrogen (secondary N) is 1. The number of benzene rings is 1. The Morgan fingerprint density at radius 2 is 2.23 bits per heavy atom. The van der Waals surface area contributed by atoms with Crippen molar-refractivity contribution in [3.63, 3.8) is 0 Å². The molecule has 0 aliphatic heterocycles. The molecule has 0 aromatic heterocycles. The van der Waals surface area contributed by atoms with Crippen molar-refractivity contribution in [2.24, 2.45) is 0 Å². The second kappa shape index (κ2) is 3.58. The van der Waals surface area contributed by atoms with Crippen LogP contribution >= 0.6 is 15.9 Å². The average Bonchev–Trinajstić information content (AvgIpc) is 2.92. The maximum atomic E-state index is 5.77. The highest BCUT2D eigenvalue weighted by Crippen LogP contribution is 2.37. The van der Waals surface area contributed by atoms with E-state index in [0.29, 0.717) is 6.10 Å². The van der Waals surface area contributed by atoms with Gasteiger partial charge in [-0.15, -0.1) is 0 Å². The number of rotatable bonds is 3. The summed E-state index contributed by atoms with van der Waals surface area (Å²) < 4.78 is 6.79. The van der Waals surface area contributed by atoms with Crippen LogP contribution < -0.4 is 10.1 Å². The highest BCUT2D eigenvalue weighted by Gasteiger charge is 2.25. The minimum absolute atomic E-state index is 0.436. The average molecular weight is 242 g/mol. The van der Waals surface area contributed by atoms with Crippen molar-refractivity contribution in [2.75, 3.05) is 12.4 Å². The van der Waals surface area contributed by atoms with Gasteiger partial charge in [-0.3, -0.25) is 0 Å². The van der Waals surface area contributed by atoms with E-state index in [1.165, 1.54) is 12.8 Å². The van der Waals surface area contributed by atoms with E-state index in [1.54, 1.807) is 0 Å². The molecular weight excluding hydrogens is 230 g/mol. The number of hydrogen-bond acceptors (Lipinski definition) is 2. The van der Waals surface area contributed by atoms with Crippen molar-refractivity contribution in [1.82, 2.24) is 0 Å². The molecule has 13 heavy (non-hydrogen) atoms. The molecule has 0 bridgehead atoms. The van der Waals surface area contributed by atoms with Gasteiger partial charge in [0.15, 0.2) is 5.75 Å². The largest absolute Gasteiger partial charge is 0.487 e. The smallest absolute Gasteiger partial charge is 0.156 e. The Morgan fingerprint density at radius 3 is 2.85 bits per heavy atom. The van der Waals surface area contributed by atoms with Gasteiger partial charge in [0.2, 0.25) is 0 Å². The van der Waals surface area contributed by atoms with Gasteiger partial charge in [-0.1, -0.05) is 6.07 Å². The fourth-order valence-corrected chi connectivity index (χ4v) is 1.64. The van der Waals surface area contributed by atoms with E-state index in [1.807, 2.05) is 25.2 Å². The van der Waals surface area contributed by atoms with Crippen molar-refractivity contribution in [3.8, 4) is 5.75 Å². The molecule has 0 heterocycles. The fourth-order valence-electron chi connectivity index (χ4n) is 1.18. The van der Waals surface area contributed by atoms with E-state index in [4.69, 9.17) is 4.74 Å². The molecule has 0 amide bonds. The number of anilines is 1. The first-order valence-corrected chi connectivity index (χ1v) is 5.23. The molecule has 0 saturated heterocycles. The van der Waals surface area contributed by atoms with E-state index in [9.17, 15) is 0 Å². The number of hydrogen-bond donors (Lipinski definition) is 1. The predicted molar refractivity (Wildman–Crippen MR) is 57.3 cm³/mol. The third kappa shape index (κ3) is 1.97. The SMILES string of the molecule is CNc1cccc(Br)c1OC1CC1. The first kappa shape index (κ1) is 8.88. The molecular formula is C10H12BrNO. The lowest BCUT2D eigenvalue weighted by Gasteiger charge is -2.11. The van der Waals surface area contributed by atoms with Gasteiger partial charge in [-0.25, -0.2) is 0 Å². The van der Waals surface area contributed by atoms with E-state index >= 15 is 0 Å². The molecule has 1 aromatic rings. The fraction of sp³-hybridized carbons (Fsp3) is 0.400. The lowest BCUT2D eigenvalue weighted by molar-refractivity contribution is 0.303. The minimum Gasteiger partial charge on any atom is -0.487 e. The van der Waals surface area contributed by atoms with Gasteiger partial charge in [-0.05, 0) is 40.9 Å². The summed E-state index contributed by atoms with van der Waals surface area (Å²) in [6.45, 7) is 0. The summed E-state index contributed by atoms with van der Waals surface area (Å²) in [7, 11) is 1.90. The van der Waals surface area contributed by atoms with Gasteiger partial charge in [0.1, 0.15) is 0 Å². The van der Waals surface area contributed by atoms with Gasteiger partial charge in [0, 0.05) is 7.05 Å². The molecule has 1 saturated carbocycles. The van der Waals surface area contributed by atoms with E-state index in [-0.39, 0.29) is 0 Å². The van der Waals surface area contributed by atoms with Gasteiger partial charge >= 0.3 is 0 Å². The third-order valence-electron chi connectivity index (χ3n) is 2.05. The molecule has 70 valence electrons. The van der Waals surface area contributed by atoms with Crippen LogP contribution in [0.25, 0.3) is 0 Å². The van der Waals surface area contributed by atoms with Crippen LogP contribution in [0.5, 0.6) is 5.75 Å². The van der Waals surface area contributed by atoms with Crippen LogP contribution in [0, 0.1) is 0 Å². The van der Waals surface area contributed by atoms with Gasteiger partial charge < -0.3 is 10.1 Å². The van der Waals surface area contributed by atoms with E-state index in [0.717, 1.165) is 15.9 Å². The van der Waals surface area contributed by atoms with Gasteiger partial charge in [0.25, 0.3) is 0 Å². The van der Waals surface area contributed by atoms with Crippen LogP contribution in [-0.4, -0.2) is 13.2 Å². The molecule has 0 spiro atoms. The number of halogens is 1. The zero-order valence-corrected chi connectivity index (χ0v) is 9.10. The number of ether oxygens (including phenoxy) is 1. The zero-order valence-electron chi connectivity index (χ0n) is 7.51. The molecule has 1 N–H and O–H groups in total. The summed E-state index contributed by atoms with van der Waals surface area (Å²) in [5.41, 5.74) is 1.04. The first-order valence-electron chi connectivity index (χ1n) is 4.44. The van der Waals surface area contributed by atoms with Crippen LogP contribution in [0.15, 0.2) is 22.7 Å². The minimum atomic E-state index is 0.436. The summed E-state index contributed by atoms with van der Waals surface area (Å²) in [5, 5.41) is 3.11. The molecule has 2 nitrogen and oxygen atoms in total. The maximum Gasteiger partial charge on any atom is 0.156 e. The molecule has 2 rings (SSSR count). The summed E-state index contributed by atoms with van der Waals surface area (Å²) in [6.07, 6.45) is 2.81. The molecule has 1 fully saturated rings. The lowest BCUT2D eigenvalue weighted by Crippen LogP contribution is -2.00. The maximum absolute atomic E-state index is 5.77. The van der Waals surface area contributed by atoms with Gasteiger partial charge in [-0.2, -0.15) is 0 Å². The van der Waals surface area contributed by atoms with Crippen molar-refractivity contribution in [3.05, 3.63) is 22.7 Å². The molecule has 3 heteroatoms. The molecule has 1 aromatic carbocycles. The highest BCUT2D eigenvalue weighted by atomic mass is 79.9. The Hall–Kier alpha value is -0.700. The molecule has 0 unspecified atom stereocenters. The summed E-state index contributed by atoms with van der Waals surface area (Å²) in [4.78, 5) is 0. The molecule has 1 aliphatic carbocycles. The standard InChI is InChI=1S/C10H12BrNO/c1-12-9-4-2-3-8(11)10(9)13-7-5-6-7/h2-4,7,12H,5-6H2,1H3. The van der Waals surface area contributed by atoms with Crippen molar-refractivity contribution >= 4 is 21.6 Å². The Morgan fingerprint density at radius 1 is 1.46 bits per heavy atom. The topological polar surface area (TPSA) is 21.3 Å². The van der Waals surface area contributed by atoms with Crippen molar-refractivity contribution in [2.45, 2.75) is 18.9 Å². The van der Waals surface area contributed by atoms with E-state index in [2.05, 4.69) is 21.2 Å². The van der Waals surface area contributed by atoms with Crippen LogP contribution in [0.4, 0.5) is 5.69 Å². The summed E-state index contributed by atoms with van der Waals surface area (Å²) in [6, 6.07) is 6.01. The predicted octanol–water partition coefficient (Wildman–Crippen LogP) is 3.03. The molecule has 1 aliphatic rings. The summed E-state index contributed by atoms with van der Waals surface area (Å²) >= 11 is 3.48. The quantitative estimate of drug-likeness (QED) is 0.879. The van der Waals surface area contributed by atoms with Crippen LogP contribution in [-0.2, 0) is 0 Å². The highest BCUT2D eigenvalue weighted by molar-refractivity contribution is 9.10. The zero-order chi connectivity index (χ0) is 9.26. The molecule has 0 radical (unpaired) electrons. The second-order valence-electron chi connectivity index (χ2n) is 3.18.